The minimum Gasteiger partial charge on any atom is -0.465 e. The van der Waals surface area contributed by atoms with Crippen molar-refractivity contribution in [1.29, 1.82) is 0 Å². The lowest BCUT2D eigenvalue weighted by atomic mass is 10.4. The maximum atomic E-state index is 10.4. The Morgan fingerprint density at radius 1 is 2.00 bits per heavy atom. The van der Waals surface area contributed by atoms with Gasteiger partial charge in [-0.1, -0.05) is 0 Å². The molecule has 0 spiro atoms. The zero-order valence-electron chi connectivity index (χ0n) is 4.76. The van der Waals surface area contributed by atoms with Gasteiger partial charge in [-0.3, -0.25) is 0 Å². The molecule has 0 saturated heterocycles. The molecule has 0 aromatic heterocycles. The Morgan fingerprint density at radius 3 is 2.62 bits per heavy atom. The molecule has 0 bridgehead atoms. The van der Waals surface area contributed by atoms with Crippen LogP contribution in [0.2, 0.25) is 0 Å². The van der Waals surface area contributed by atoms with Crippen LogP contribution in [-0.4, -0.2) is 24.9 Å². The lowest BCUT2D eigenvalue weighted by molar-refractivity contribution is -0.400. The smallest absolute Gasteiger partial charge is 0.365 e. The molecule has 4 heteroatoms. The number of hydrogen-bond acceptors (Lipinski definition) is 3. The number of ether oxygens (including phenoxy) is 1. The second-order valence-corrected chi connectivity index (χ2v) is 1.77. The van der Waals surface area contributed by atoms with Crippen LogP contribution < -0.4 is 5.73 Å². The quantitative estimate of drug-likeness (QED) is 0.366. The van der Waals surface area contributed by atoms with Gasteiger partial charge in [0, 0.05) is 0 Å². The number of methoxy groups -OCH3 is 1. The Morgan fingerprint density at radius 2 is 2.50 bits per heavy atom. The molecule has 3 N–H and O–H groups in total. The number of rotatable bonds is 2. The summed E-state index contributed by atoms with van der Waals surface area (Å²) < 4.78 is 4.35. The Bertz CT molecular complexity index is 86.1. The third-order valence-corrected chi connectivity index (χ3v) is 1.20. The average molecular weight is 136 g/mol. The van der Waals surface area contributed by atoms with E-state index in [2.05, 4.69) is 23.1 Å². The number of quaternary nitrogens is 1. The second kappa shape index (κ2) is 3.74. The van der Waals surface area contributed by atoms with Crippen LogP contribution >= 0.6 is 12.6 Å². The standard InChI is InChI=1S/C4H9NO2S/c1-7-4(6)3(5)2-8/h3,8H,2,5H2,1H3/p+1/t3-/m1/s1. The fourth-order valence-corrected chi connectivity index (χ4v) is 0.390. The molecule has 48 valence electrons. The van der Waals surface area contributed by atoms with Crippen molar-refractivity contribution in [3.63, 3.8) is 0 Å². The Balaban J connectivity index is 3.46. The predicted octanol–water partition coefficient (Wildman–Crippen LogP) is -1.30. The van der Waals surface area contributed by atoms with Crippen LogP contribution in [0.3, 0.4) is 0 Å². The normalized spacial score (nSPS) is 12.9. The highest BCUT2D eigenvalue weighted by Crippen LogP contribution is 1.82. The molecule has 0 fully saturated rings. The summed E-state index contributed by atoms with van der Waals surface area (Å²) in [5.74, 6) is 0.132. The van der Waals surface area contributed by atoms with Crippen molar-refractivity contribution in [2.75, 3.05) is 12.9 Å². The minimum atomic E-state index is -0.330. The van der Waals surface area contributed by atoms with Crippen LogP contribution in [0.25, 0.3) is 0 Å². The van der Waals surface area contributed by atoms with Gasteiger partial charge in [0.05, 0.1) is 12.9 Å². The monoisotopic (exact) mass is 136 g/mol. The highest BCUT2D eigenvalue weighted by Gasteiger charge is 2.13. The zero-order chi connectivity index (χ0) is 6.57. The van der Waals surface area contributed by atoms with Gasteiger partial charge in [-0.2, -0.15) is 12.6 Å². The Labute approximate surface area is 53.6 Å². The third-order valence-electron chi connectivity index (χ3n) is 0.755. The van der Waals surface area contributed by atoms with Crippen molar-refractivity contribution >= 4 is 18.6 Å². The van der Waals surface area contributed by atoms with E-state index in [0.717, 1.165) is 0 Å². The van der Waals surface area contributed by atoms with Crippen LogP contribution in [0.15, 0.2) is 0 Å². The molecule has 0 aliphatic rings. The van der Waals surface area contributed by atoms with Gasteiger partial charge in [-0.05, 0) is 0 Å². The van der Waals surface area contributed by atoms with Crippen molar-refractivity contribution in [2.45, 2.75) is 6.04 Å². The van der Waals surface area contributed by atoms with Gasteiger partial charge < -0.3 is 10.5 Å². The Kier molecular flexibility index (Phi) is 3.64. The zero-order valence-corrected chi connectivity index (χ0v) is 5.65. The van der Waals surface area contributed by atoms with E-state index < -0.39 is 0 Å². The van der Waals surface area contributed by atoms with Crippen molar-refractivity contribution in [2.24, 2.45) is 0 Å². The first kappa shape index (κ1) is 7.78. The lowest BCUT2D eigenvalue weighted by Crippen LogP contribution is -2.66. The van der Waals surface area contributed by atoms with E-state index in [1.165, 1.54) is 7.11 Å². The van der Waals surface area contributed by atoms with E-state index >= 15 is 0 Å². The molecular formula is C4H10NO2S+. The van der Waals surface area contributed by atoms with Gasteiger partial charge in [0.2, 0.25) is 0 Å². The largest absolute Gasteiger partial charge is 0.465 e. The molecule has 8 heavy (non-hydrogen) atoms. The first-order valence-corrected chi connectivity index (χ1v) is 2.87. The number of esters is 1. The van der Waals surface area contributed by atoms with Crippen molar-refractivity contribution in [3.05, 3.63) is 0 Å². The van der Waals surface area contributed by atoms with E-state index in [1.807, 2.05) is 0 Å². The number of carbonyl (C=O) groups excluding carboxylic acids is 1. The summed E-state index contributed by atoms with van der Waals surface area (Å²) in [7, 11) is 1.34. The van der Waals surface area contributed by atoms with E-state index in [9.17, 15) is 4.79 Å². The van der Waals surface area contributed by atoms with Crippen LogP contribution in [0.4, 0.5) is 0 Å². The summed E-state index contributed by atoms with van der Waals surface area (Å²) in [6, 6.07) is -0.330. The molecule has 0 aromatic rings. The summed E-state index contributed by atoms with van der Waals surface area (Å²) in [5, 5.41) is 0. The Hall–Kier alpha value is -0.220. The molecular weight excluding hydrogens is 126 g/mol. The van der Waals surface area contributed by atoms with Gasteiger partial charge in [-0.25, -0.2) is 4.79 Å². The van der Waals surface area contributed by atoms with E-state index in [-0.39, 0.29) is 12.0 Å². The number of thiol groups is 1. The molecule has 0 aromatic carbocycles. The lowest BCUT2D eigenvalue weighted by Gasteiger charge is -1.99. The van der Waals surface area contributed by atoms with Crippen molar-refractivity contribution in [3.8, 4) is 0 Å². The highest BCUT2D eigenvalue weighted by molar-refractivity contribution is 7.80. The number of carbonyl (C=O) groups is 1. The SMILES string of the molecule is COC(=O)[C@H]([NH3+])CS. The van der Waals surface area contributed by atoms with Crippen molar-refractivity contribution in [1.82, 2.24) is 0 Å². The van der Waals surface area contributed by atoms with Crippen LogP contribution in [-0.2, 0) is 9.53 Å². The summed E-state index contributed by atoms with van der Waals surface area (Å²) in [6.45, 7) is 0. The molecule has 1 atom stereocenters. The molecule has 0 aliphatic heterocycles. The van der Waals surface area contributed by atoms with Crippen LogP contribution in [0, 0.1) is 0 Å². The highest BCUT2D eigenvalue weighted by atomic mass is 32.1. The fourth-order valence-electron chi connectivity index (χ4n) is 0.241. The molecule has 0 saturated carbocycles. The maximum absolute atomic E-state index is 10.4. The third kappa shape index (κ3) is 2.18. The average Bonchev–Trinajstić information content (AvgIpc) is 1.84. The topological polar surface area (TPSA) is 53.9 Å². The first-order valence-electron chi connectivity index (χ1n) is 2.24. The van der Waals surface area contributed by atoms with Gasteiger partial charge in [0.25, 0.3) is 0 Å². The summed E-state index contributed by atoms with van der Waals surface area (Å²) in [4.78, 5) is 10.4. The minimum absolute atomic E-state index is 0.306. The van der Waals surface area contributed by atoms with E-state index in [1.54, 1.807) is 0 Å². The van der Waals surface area contributed by atoms with Gasteiger partial charge in [-0.15, -0.1) is 0 Å². The summed E-state index contributed by atoms with van der Waals surface area (Å²) in [5.41, 5.74) is 3.48. The molecule has 0 radical (unpaired) electrons. The van der Waals surface area contributed by atoms with Gasteiger partial charge >= 0.3 is 5.97 Å². The summed E-state index contributed by atoms with van der Waals surface area (Å²) >= 11 is 3.85. The van der Waals surface area contributed by atoms with E-state index in [0.29, 0.717) is 5.75 Å². The first-order chi connectivity index (χ1) is 3.72. The molecule has 0 aliphatic carbocycles. The van der Waals surface area contributed by atoms with Gasteiger partial charge in [0.1, 0.15) is 0 Å². The van der Waals surface area contributed by atoms with Gasteiger partial charge in [0.15, 0.2) is 6.04 Å². The van der Waals surface area contributed by atoms with E-state index in [4.69, 9.17) is 0 Å². The second-order valence-electron chi connectivity index (χ2n) is 1.40. The molecule has 0 heterocycles. The molecule has 0 unspecified atom stereocenters. The predicted molar refractivity (Wildman–Crippen MR) is 32.5 cm³/mol. The van der Waals surface area contributed by atoms with Crippen LogP contribution in [0.1, 0.15) is 0 Å². The molecule has 0 amide bonds. The number of hydrogen-bond donors (Lipinski definition) is 2. The van der Waals surface area contributed by atoms with Crippen LogP contribution in [0.5, 0.6) is 0 Å². The molecule has 0 rings (SSSR count). The molecule has 3 nitrogen and oxygen atoms in total. The van der Waals surface area contributed by atoms with Crippen molar-refractivity contribution < 1.29 is 15.3 Å². The fraction of sp³-hybridized carbons (Fsp3) is 0.750. The summed E-state index contributed by atoms with van der Waals surface area (Å²) in [6.07, 6.45) is 0. The maximum Gasteiger partial charge on any atom is 0.365 e.